The first kappa shape index (κ1) is 12.5. The van der Waals surface area contributed by atoms with Crippen LogP contribution in [0.2, 0.25) is 0 Å². The summed E-state index contributed by atoms with van der Waals surface area (Å²) in [5.74, 6) is 0.456. The second kappa shape index (κ2) is 4.54. The summed E-state index contributed by atoms with van der Waals surface area (Å²) in [4.78, 5) is 14.3. The Balaban J connectivity index is 2.77. The van der Waals surface area contributed by atoms with Crippen LogP contribution in [0, 0.1) is 5.92 Å². The highest BCUT2D eigenvalue weighted by molar-refractivity contribution is 5.79. The smallest absolute Gasteiger partial charge is 0.225 e. The van der Waals surface area contributed by atoms with E-state index >= 15 is 0 Å². The lowest BCUT2D eigenvalue weighted by Gasteiger charge is -2.40. The second-order valence-electron chi connectivity index (χ2n) is 5.66. The van der Waals surface area contributed by atoms with Crippen molar-refractivity contribution in [3.63, 3.8) is 0 Å². The molecule has 0 bridgehead atoms. The first-order valence-corrected chi connectivity index (χ1v) is 6.23. The molecule has 0 N–H and O–H groups in total. The summed E-state index contributed by atoms with van der Waals surface area (Å²) in [5, 5.41) is 0. The highest BCUT2D eigenvalue weighted by Crippen LogP contribution is 2.36. The zero-order valence-corrected chi connectivity index (χ0v) is 10.8. The molecule has 0 unspecified atom stereocenters. The quantitative estimate of drug-likeness (QED) is 0.684. The molecule has 0 saturated heterocycles. The van der Waals surface area contributed by atoms with Crippen LogP contribution < -0.4 is 0 Å². The van der Waals surface area contributed by atoms with E-state index in [1.54, 1.807) is 0 Å². The average molecular weight is 211 g/mol. The molecule has 2 nitrogen and oxygen atoms in total. The van der Waals surface area contributed by atoms with Gasteiger partial charge in [0.05, 0.1) is 0 Å². The van der Waals surface area contributed by atoms with Gasteiger partial charge in [0, 0.05) is 17.5 Å². The normalized spacial score (nSPS) is 16.9. The van der Waals surface area contributed by atoms with E-state index in [0.717, 1.165) is 12.8 Å². The fourth-order valence-corrected chi connectivity index (χ4v) is 2.32. The maximum Gasteiger partial charge on any atom is 0.225 e. The van der Waals surface area contributed by atoms with Crippen molar-refractivity contribution in [3.05, 3.63) is 0 Å². The molecule has 0 radical (unpaired) electrons. The van der Waals surface area contributed by atoms with Crippen molar-refractivity contribution in [2.24, 2.45) is 5.92 Å². The summed E-state index contributed by atoms with van der Waals surface area (Å²) in [5.41, 5.74) is 0.0390. The molecule has 0 aromatic carbocycles. The molecule has 0 heterocycles. The van der Waals surface area contributed by atoms with Gasteiger partial charge in [-0.3, -0.25) is 4.79 Å². The molecule has 2 heteroatoms. The van der Waals surface area contributed by atoms with E-state index in [1.165, 1.54) is 12.8 Å². The van der Waals surface area contributed by atoms with Crippen molar-refractivity contribution < 1.29 is 4.79 Å². The topological polar surface area (TPSA) is 20.3 Å². The maximum atomic E-state index is 12.2. The van der Waals surface area contributed by atoms with Crippen molar-refractivity contribution in [1.82, 2.24) is 4.90 Å². The molecule has 1 aliphatic carbocycles. The van der Waals surface area contributed by atoms with E-state index < -0.39 is 0 Å². The van der Waals surface area contributed by atoms with Crippen LogP contribution in [0.15, 0.2) is 0 Å². The third kappa shape index (κ3) is 2.96. The predicted octanol–water partition coefficient (Wildman–Crippen LogP) is 3.21. The van der Waals surface area contributed by atoms with Crippen LogP contribution in [0.25, 0.3) is 0 Å². The van der Waals surface area contributed by atoms with Gasteiger partial charge >= 0.3 is 0 Å². The summed E-state index contributed by atoms with van der Waals surface area (Å²) in [6.45, 7) is 10.6. The number of hydrogen-bond donors (Lipinski definition) is 0. The molecule has 0 aliphatic heterocycles. The highest BCUT2D eigenvalue weighted by Gasteiger charge is 2.41. The molecule has 1 fully saturated rings. The van der Waals surface area contributed by atoms with Gasteiger partial charge in [-0.25, -0.2) is 0 Å². The van der Waals surface area contributed by atoms with Crippen LogP contribution in [0.3, 0.4) is 0 Å². The van der Waals surface area contributed by atoms with Crippen LogP contribution >= 0.6 is 0 Å². The van der Waals surface area contributed by atoms with Crippen LogP contribution in [-0.2, 0) is 4.79 Å². The van der Waals surface area contributed by atoms with Crippen molar-refractivity contribution in [1.29, 1.82) is 0 Å². The number of amides is 1. The third-order valence-corrected chi connectivity index (χ3v) is 3.16. The number of hydrogen-bond acceptors (Lipinski definition) is 1. The molecule has 1 aliphatic rings. The van der Waals surface area contributed by atoms with Crippen molar-refractivity contribution >= 4 is 5.91 Å². The van der Waals surface area contributed by atoms with E-state index in [0.29, 0.717) is 11.9 Å². The maximum absolute atomic E-state index is 12.2. The SMILES string of the molecule is CCCC(C)(C)N(C(=O)C(C)C)C1CC1. The minimum atomic E-state index is 0.0390. The predicted molar refractivity (Wildman–Crippen MR) is 63.7 cm³/mol. The van der Waals surface area contributed by atoms with E-state index in [2.05, 4.69) is 25.7 Å². The first-order chi connectivity index (χ1) is 6.90. The third-order valence-electron chi connectivity index (χ3n) is 3.16. The van der Waals surface area contributed by atoms with Crippen LogP contribution in [0.1, 0.15) is 60.3 Å². The van der Waals surface area contributed by atoms with Crippen LogP contribution in [0.5, 0.6) is 0 Å². The van der Waals surface area contributed by atoms with Gasteiger partial charge in [0.2, 0.25) is 5.91 Å². The summed E-state index contributed by atoms with van der Waals surface area (Å²) >= 11 is 0. The molecule has 1 rings (SSSR count). The Hall–Kier alpha value is -0.530. The minimum absolute atomic E-state index is 0.0390. The molecule has 0 aromatic rings. The monoisotopic (exact) mass is 211 g/mol. The number of carbonyl (C=O) groups excluding carboxylic acids is 1. The highest BCUT2D eigenvalue weighted by atomic mass is 16.2. The molecule has 88 valence electrons. The van der Waals surface area contributed by atoms with Gasteiger partial charge in [-0.05, 0) is 33.1 Å². The molecule has 0 spiro atoms. The van der Waals surface area contributed by atoms with Gasteiger partial charge in [-0.2, -0.15) is 0 Å². The lowest BCUT2D eigenvalue weighted by Crippen LogP contribution is -2.50. The fourth-order valence-electron chi connectivity index (χ4n) is 2.32. The van der Waals surface area contributed by atoms with E-state index in [4.69, 9.17) is 0 Å². The lowest BCUT2D eigenvalue weighted by molar-refractivity contribution is -0.141. The average Bonchev–Trinajstić information content (AvgIpc) is 2.87. The minimum Gasteiger partial charge on any atom is -0.334 e. The van der Waals surface area contributed by atoms with E-state index in [9.17, 15) is 4.79 Å². The zero-order valence-electron chi connectivity index (χ0n) is 10.8. The Kier molecular flexibility index (Phi) is 3.80. The summed E-state index contributed by atoms with van der Waals surface area (Å²) in [6, 6.07) is 0.529. The number of carbonyl (C=O) groups is 1. The van der Waals surface area contributed by atoms with Crippen molar-refractivity contribution in [3.8, 4) is 0 Å². The number of nitrogens with zero attached hydrogens (tertiary/aromatic N) is 1. The van der Waals surface area contributed by atoms with Crippen LogP contribution in [0.4, 0.5) is 0 Å². The van der Waals surface area contributed by atoms with Crippen LogP contribution in [-0.4, -0.2) is 22.4 Å². The summed E-state index contributed by atoms with van der Waals surface area (Å²) in [7, 11) is 0. The zero-order chi connectivity index (χ0) is 11.6. The standard InChI is InChI=1S/C13H25NO/c1-6-9-13(4,5)14(11-7-8-11)12(15)10(2)3/h10-11H,6-9H2,1-5H3. The largest absolute Gasteiger partial charge is 0.334 e. The lowest BCUT2D eigenvalue weighted by atomic mass is 9.94. The fraction of sp³-hybridized carbons (Fsp3) is 0.923. The summed E-state index contributed by atoms with van der Waals surface area (Å²) < 4.78 is 0. The Morgan fingerprint density at radius 1 is 1.40 bits per heavy atom. The van der Waals surface area contributed by atoms with Gasteiger partial charge < -0.3 is 4.90 Å². The van der Waals surface area contributed by atoms with Gasteiger partial charge in [0.1, 0.15) is 0 Å². The Morgan fingerprint density at radius 3 is 2.27 bits per heavy atom. The van der Waals surface area contributed by atoms with Crippen molar-refractivity contribution in [2.45, 2.75) is 71.9 Å². The number of rotatable bonds is 5. The van der Waals surface area contributed by atoms with E-state index in [1.807, 2.05) is 13.8 Å². The van der Waals surface area contributed by atoms with Gasteiger partial charge in [0.15, 0.2) is 0 Å². The summed E-state index contributed by atoms with van der Waals surface area (Å²) in [6.07, 6.45) is 4.64. The van der Waals surface area contributed by atoms with Gasteiger partial charge in [-0.15, -0.1) is 0 Å². The Labute approximate surface area is 94.0 Å². The van der Waals surface area contributed by atoms with Gasteiger partial charge in [-0.1, -0.05) is 27.2 Å². The molecule has 1 amide bonds. The second-order valence-corrected chi connectivity index (χ2v) is 5.66. The van der Waals surface area contributed by atoms with Gasteiger partial charge in [0.25, 0.3) is 0 Å². The molecule has 15 heavy (non-hydrogen) atoms. The molecule has 1 saturated carbocycles. The molecule has 0 atom stereocenters. The Bertz CT molecular complexity index is 229. The first-order valence-electron chi connectivity index (χ1n) is 6.23. The van der Waals surface area contributed by atoms with E-state index in [-0.39, 0.29) is 11.5 Å². The van der Waals surface area contributed by atoms with Crippen molar-refractivity contribution in [2.75, 3.05) is 0 Å². The molecular formula is C13H25NO. The molecule has 0 aromatic heterocycles. The molecular weight excluding hydrogens is 186 g/mol. The Morgan fingerprint density at radius 2 is 1.93 bits per heavy atom.